The molecule has 1 aliphatic heterocycles. The van der Waals surface area contributed by atoms with Gasteiger partial charge in [-0.25, -0.2) is 4.98 Å². The molecule has 2 heterocycles. The minimum absolute atomic E-state index is 0.0963. The zero-order chi connectivity index (χ0) is 16.2. The van der Waals surface area contributed by atoms with Gasteiger partial charge in [0.1, 0.15) is 15.4 Å². The smallest absolute Gasteiger partial charge is 0.261 e. The Labute approximate surface area is 140 Å². The van der Waals surface area contributed by atoms with E-state index in [1.54, 1.807) is 12.1 Å². The molecule has 1 aromatic heterocycles. The number of carbonyl (C=O) groups is 1. The molecule has 0 spiro atoms. The van der Waals surface area contributed by atoms with E-state index < -0.39 is 16.7 Å². The number of amides is 1. The number of nitrogens with zero attached hydrogens (tertiary/aromatic N) is 1. The Bertz CT molecular complexity index is 726. The molecule has 2 atom stereocenters. The van der Waals surface area contributed by atoms with E-state index >= 15 is 0 Å². The van der Waals surface area contributed by atoms with Gasteiger partial charge in [0.15, 0.2) is 5.13 Å². The first kappa shape index (κ1) is 16.1. The van der Waals surface area contributed by atoms with Crippen molar-refractivity contribution in [3.8, 4) is 5.75 Å². The number of ether oxygens (including phenoxy) is 1. The molecule has 23 heavy (non-hydrogen) atoms. The molecule has 3 rings (SSSR count). The lowest BCUT2D eigenvalue weighted by Gasteiger charge is -2.20. The van der Waals surface area contributed by atoms with Crippen LogP contribution in [-0.2, 0) is 15.5 Å². The Morgan fingerprint density at radius 1 is 1.39 bits per heavy atom. The topological polar surface area (TPSA) is 88.5 Å². The van der Waals surface area contributed by atoms with Crippen LogP contribution in [0.5, 0.6) is 5.75 Å². The van der Waals surface area contributed by atoms with E-state index in [-0.39, 0.29) is 16.7 Å². The summed E-state index contributed by atoms with van der Waals surface area (Å²) in [5.74, 6) is -0.551. The van der Waals surface area contributed by atoms with Gasteiger partial charge in [-0.3, -0.25) is 14.3 Å². The van der Waals surface area contributed by atoms with Crippen LogP contribution >= 0.6 is 11.3 Å². The van der Waals surface area contributed by atoms with Crippen LogP contribution in [0.1, 0.15) is 29.6 Å². The van der Waals surface area contributed by atoms with Crippen molar-refractivity contribution in [3.63, 3.8) is 0 Å². The molecule has 2 N–H and O–H groups in total. The summed E-state index contributed by atoms with van der Waals surface area (Å²) in [5.41, 5.74) is -0.132. The number of phenolic OH excluding ortho intramolecular Hbond substituents is 1. The normalized spacial score (nSPS) is 19.2. The zero-order valence-electron chi connectivity index (χ0n) is 12.2. The fourth-order valence-electron chi connectivity index (χ4n) is 2.25. The number of carbonyl (C=O) groups excluding carboxylic acids is 1. The molecule has 0 saturated carbocycles. The Morgan fingerprint density at radius 2 is 2.22 bits per heavy atom. The molecule has 1 saturated heterocycles. The summed E-state index contributed by atoms with van der Waals surface area (Å²) in [6.07, 6.45) is 4.27. The number of aromatic nitrogens is 1. The standard InChI is InChI=1S/C15H16N2O4S2/c18-11-6-2-1-5-10(11)14(19)17-15-16-9-13(22-15)23(20)12-7-3-4-8-21-12/h1-2,5-6,9,12,18H,3-4,7-8H2,(H,16,17,19). The van der Waals surface area contributed by atoms with Crippen LogP contribution in [0.4, 0.5) is 5.13 Å². The van der Waals surface area contributed by atoms with Crippen molar-refractivity contribution in [3.05, 3.63) is 36.0 Å². The minimum atomic E-state index is -1.28. The molecule has 6 nitrogen and oxygen atoms in total. The SMILES string of the molecule is O=C(Nc1ncc(S(=O)C2CCCCO2)s1)c1ccccc1O. The van der Waals surface area contributed by atoms with E-state index in [2.05, 4.69) is 10.3 Å². The summed E-state index contributed by atoms with van der Waals surface area (Å²) < 4.78 is 18.5. The Balaban J connectivity index is 1.68. The first-order valence-corrected chi connectivity index (χ1v) is 9.25. The number of hydrogen-bond acceptors (Lipinski definition) is 6. The number of phenols is 1. The van der Waals surface area contributed by atoms with Gasteiger partial charge in [0.05, 0.1) is 22.6 Å². The number of anilines is 1. The van der Waals surface area contributed by atoms with Crippen LogP contribution < -0.4 is 5.32 Å². The summed E-state index contributed by atoms with van der Waals surface area (Å²) in [5, 5.41) is 12.6. The lowest BCUT2D eigenvalue weighted by Crippen LogP contribution is -2.23. The van der Waals surface area contributed by atoms with Crippen LogP contribution in [0.2, 0.25) is 0 Å². The van der Waals surface area contributed by atoms with Crippen LogP contribution in [-0.4, -0.2) is 32.2 Å². The Morgan fingerprint density at radius 3 is 2.96 bits per heavy atom. The highest BCUT2D eigenvalue weighted by molar-refractivity contribution is 7.87. The van der Waals surface area contributed by atoms with Gasteiger partial charge in [-0.1, -0.05) is 23.5 Å². The highest BCUT2D eigenvalue weighted by Crippen LogP contribution is 2.28. The fraction of sp³-hybridized carbons (Fsp3) is 0.333. The number of aromatic hydroxyl groups is 1. The highest BCUT2D eigenvalue weighted by Gasteiger charge is 2.24. The van der Waals surface area contributed by atoms with E-state index in [9.17, 15) is 14.1 Å². The maximum absolute atomic E-state index is 12.4. The Kier molecular flexibility index (Phi) is 5.04. The van der Waals surface area contributed by atoms with Crippen molar-refractivity contribution < 1.29 is 18.8 Å². The summed E-state index contributed by atoms with van der Waals surface area (Å²) in [7, 11) is -1.28. The quantitative estimate of drug-likeness (QED) is 0.883. The van der Waals surface area contributed by atoms with E-state index in [4.69, 9.17) is 4.74 Å². The summed E-state index contributed by atoms with van der Waals surface area (Å²) in [4.78, 5) is 16.2. The molecule has 1 aromatic carbocycles. The van der Waals surface area contributed by atoms with E-state index in [0.29, 0.717) is 15.9 Å². The molecule has 2 unspecified atom stereocenters. The fourth-order valence-corrected chi connectivity index (χ4v) is 4.70. The number of rotatable bonds is 4. The second-order valence-corrected chi connectivity index (χ2v) is 7.90. The van der Waals surface area contributed by atoms with Gasteiger partial charge in [-0.15, -0.1) is 0 Å². The van der Waals surface area contributed by atoms with Crippen molar-refractivity contribution in [2.75, 3.05) is 11.9 Å². The average Bonchev–Trinajstić information content (AvgIpc) is 3.03. The van der Waals surface area contributed by atoms with Crippen LogP contribution in [0.15, 0.2) is 34.7 Å². The molecular formula is C15H16N2O4S2. The van der Waals surface area contributed by atoms with Gasteiger partial charge in [0.2, 0.25) is 0 Å². The average molecular weight is 352 g/mol. The van der Waals surface area contributed by atoms with Gasteiger partial charge in [0.25, 0.3) is 5.91 Å². The summed E-state index contributed by atoms with van der Waals surface area (Å²) in [6, 6.07) is 6.27. The first-order chi connectivity index (χ1) is 11.1. The minimum Gasteiger partial charge on any atom is -0.507 e. The van der Waals surface area contributed by atoms with Crippen LogP contribution in [0.3, 0.4) is 0 Å². The molecule has 0 radical (unpaired) electrons. The predicted molar refractivity (Wildman–Crippen MR) is 88.2 cm³/mol. The molecule has 2 aromatic rings. The molecule has 0 bridgehead atoms. The van der Waals surface area contributed by atoms with Gasteiger partial charge in [0, 0.05) is 6.61 Å². The van der Waals surface area contributed by atoms with Crippen molar-refractivity contribution in [2.45, 2.75) is 28.9 Å². The molecule has 1 amide bonds. The first-order valence-electron chi connectivity index (χ1n) is 7.22. The van der Waals surface area contributed by atoms with Gasteiger partial charge in [-0.05, 0) is 31.4 Å². The van der Waals surface area contributed by atoms with Crippen molar-refractivity contribution >= 4 is 33.2 Å². The third-order valence-corrected chi connectivity index (χ3v) is 6.23. The second-order valence-electron chi connectivity index (χ2n) is 5.05. The zero-order valence-corrected chi connectivity index (χ0v) is 13.9. The van der Waals surface area contributed by atoms with E-state index in [0.717, 1.165) is 30.6 Å². The summed E-state index contributed by atoms with van der Waals surface area (Å²) >= 11 is 1.16. The molecule has 8 heteroatoms. The van der Waals surface area contributed by atoms with Crippen molar-refractivity contribution in [1.29, 1.82) is 0 Å². The maximum Gasteiger partial charge on any atom is 0.261 e. The van der Waals surface area contributed by atoms with Crippen molar-refractivity contribution in [1.82, 2.24) is 4.98 Å². The Hall–Kier alpha value is -1.77. The number of hydrogen-bond donors (Lipinski definition) is 2. The van der Waals surface area contributed by atoms with Crippen LogP contribution in [0.25, 0.3) is 0 Å². The number of para-hydroxylation sites is 1. The summed E-state index contributed by atoms with van der Waals surface area (Å²) in [6.45, 7) is 0.631. The van der Waals surface area contributed by atoms with Crippen molar-refractivity contribution in [2.24, 2.45) is 0 Å². The van der Waals surface area contributed by atoms with Gasteiger partial charge >= 0.3 is 0 Å². The molecule has 1 fully saturated rings. The molecule has 122 valence electrons. The number of thiazole rings is 1. The van der Waals surface area contributed by atoms with Gasteiger partial charge in [-0.2, -0.15) is 0 Å². The highest BCUT2D eigenvalue weighted by atomic mass is 32.2. The third kappa shape index (κ3) is 3.77. The molecule has 1 aliphatic rings. The maximum atomic E-state index is 12.4. The third-order valence-electron chi connectivity index (χ3n) is 3.43. The lowest BCUT2D eigenvalue weighted by molar-refractivity contribution is 0.0695. The second kappa shape index (κ2) is 7.20. The van der Waals surface area contributed by atoms with E-state index in [1.165, 1.54) is 18.3 Å². The number of benzene rings is 1. The monoisotopic (exact) mass is 352 g/mol. The number of nitrogens with one attached hydrogen (secondary N) is 1. The largest absolute Gasteiger partial charge is 0.507 e. The molecular weight excluding hydrogens is 336 g/mol. The lowest BCUT2D eigenvalue weighted by atomic mass is 10.2. The molecule has 0 aliphatic carbocycles. The van der Waals surface area contributed by atoms with Crippen LogP contribution in [0, 0.1) is 0 Å². The predicted octanol–water partition coefficient (Wildman–Crippen LogP) is 2.74. The van der Waals surface area contributed by atoms with E-state index in [1.807, 2.05) is 0 Å². The van der Waals surface area contributed by atoms with Gasteiger partial charge < -0.3 is 9.84 Å².